The van der Waals surface area contributed by atoms with Gasteiger partial charge < -0.3 is 9.13 Å². The summed E-state index contributed by atoms with van der Waals surface area (Å²) < 4.78 is 18.1. The maximum atomic E-state index is 15.7. The highest BCUT2D eigenvalue weighted by Crippen LogP contribution is 2.55. The molecule has 1 aliphatic heterocycles. The third kappa shape index (κ3) is 3.06. The molecule has 0 bridgehead atoms. The lowest BCUT2D eigenvalue weighted by Gasteiger charge is -2.18. The Morgan fingerprint density at radius 1 is 0.463 bits per heavy atom. The van der Waals surface area contributed by atoms with Crippen molar-refractivity contribution in [3.63, 3.8) is 0 Å². The molecule has 0 radical (unpaired) electrons. The van der Waals surface area contributed by atoms with E-state index in [2.05, 4.69) is 120 Å². The second kappa shape index (κ2) is 8.30. The first kappa shape index (κ1) is 22.9. The van der Waals surface area contributed by atoms with Crippen molar-refractivity contribution in [2.45, 2.75) is 0 Å². The van der Waals surface area contributed by atoms with Gasteiger partial charge in [0, 0.05) is 32.4 Å². The van der Waals surface area contributed by atoms with Gasteiger partial charge in [-0.05, 0) is 63.0 Å². The molecule has 0 spiro atoms. The maximum absolute atomic E-state index is 15.7. The number of nitrogens with zero attached hydrogens (tertiary/aromatic N) is 1. The van der Waals surface area contributed by atoms with Crippen molar-refractivity contribution in [3.8, 4) is 16.8 Å². The van der Waals surface area contributed by atoms with Gasteiger partial charge in [0.15, 0.2) is 7.14 Å². The minimum absolute atomic E-state index is 0.879. The molecule has 1 unspecified atom stereocenters. The minimum atomic E-state index is -3.16. The summed E-state index contributed by atoms with van der Waals surface area (Å²) in [6, 6.07) is 51.0. The van der Waals surface area contributed by atoms with Gasteiger partial charge in [-0.1, -0.05) is 115 Å². The normalized spacial score (nSPS) is 16.0. The van der Waals surface area contributed by atoms with Gasteiger partial charge in [0.1, 0.15) is 0 Å². The van der Waals surface area contributed by atoms with Crippen LogP contribution in [0.1, 0.15) is 0 Å². The lowest BCUT2D eigenvalue weighted by atomic mass is 9.99. The molecule has 0 saturated heterocycles. The van der Waals surface area contributed by atoms with Crippen molar-refractivity contribution in [3.05, 3.63) is 146 Å². The first-order valence-corrected chi connectivity index (χ1v) is 15.7. The molecular formula is C38H24NOP. The minimum Gasteiger partial charge on any atom is -0.309 e. The Morgan fingerprint density at radius 3 is 2.00 bits per heavy atom. The lowest BCUT2D eigenvalue weighted by molar-refractivity contribution is 0.593. The van der Waals surface area contributed by atoms with E-state index in [0.29, 0.717) is 0 Å². The quantitative estimate of drug-likeness (QED) is 0.201. The van der Waals surface area contributed by atoms with E-state index in [1.54, 1.807) is 0 Å². The molecule has 2 nitrogen and oxygen atoms in total. The zero-order valence-corrected chi connectivity index (χ0v) is 23.1. The van der Waals surface area contributed by atoms with Crippen LogP contribution in [0.15, 0.2) is 146 Å². The van der Waals surface area contributed by atoms with E-state index in [-0.39, 0.29) is 0 Å². The zero-order valence-electron chi connectivity index (χ0n) is 22.2. The monoisotopic (exact) mass is 541 g/mol. The van der Waals surface area contributed by atoms with Crippen LogP contribution in [0.25, 0.3) is 60.2 Å². The van der Waals surface area contributed by atoms with Crippen LogP contribution in [0, 0.1) is 0 Å². The topological polar surface area (TPSA) is 22.0 Å². The molecular weight excluding hydrogens is 517 g/mol. The molecule has 0 amide bonds. The third-order valence-corrected chi connectivity index (χ3v) is 11.9. The number of fused-ring (bicyclic) bond motifs is 9. The molecule has 0 N–H and O–H groups in total. The fourth-order valence-electron chi connectivity index (χ4n) is 6.91. The number of rotatable bonds is 2. The van der Waals surface area contributed by atoms with Crippen LogP contribution in [0.4, 0.5) is 0 Å². The Labute approximate surface area is 237 Å². The smallest absolute Gasteiger partial charge is 0.172 e. The average Bonchev–Trinajstić information content (AvgIpc) is 3.50. The Morgan fingerprint density at radius 2 is 1.15 bits per heavy atom. The van der Waals surface area contributed by atoms with Gasteiger partial charge in [0.2, 0.25) is 0 Å². The van der Waals surface area contributed by atoms with E-state index in [9.17, 15) is 0 Å². The van der Waals surface area contributed by atoms with Crippen molar-refractivity contribution in [1.29, 1.82) is 0 Å². The van der Waals surface area contributed by atoms with Gasteiger partial charge in [-0.3, -0.25) is 0 Å². The molecule has 192 valence electrons. The second-order valence-electron chi connectivity index (χ2n) is 10.9. The molecule has 9 rings (SSSR count). The molecule has 1 aliphatic rings. The Bertz CT molecular complexity index is 2400. The van der Waals surface area contributed by atoms with E-state index in [1.165, 1.54) is 21.5 Å². The highest BCUT2D eigenvalue weighted by molar-refractivity contribution is 7.86. The standard InChI is InChI=1S/C38H24NOP/c40-41(29-13-2-1-3-14-29)37-24-36-33(23-34(37)32-21-19-26-11-6-7-15-30(26)38(32)41)31-16-8-9-17-35(31)39(36)28-20-18-25-10-4-5-12-27(25)22-28/h1-24H. The Hall–Kier alpha value is -4.91. The Kier molecular flexibility index (Phi) is 4.63. The fraction of sp³-hybridized carbons (Fsp3) is 0. The van der Waals surface area contributed by atoms with Crippen LogP contribution < -0.4 is 15.9 Å². The van der Waals surface area contributed by atoms with Gasteiger partial charge in [-0.15, -0.1) is 0 Å². The van der Waals surface area contributed by atoms with Crippen LogP contribution in [-0.2, 0) is 4.57 Å². The van der Waals surface area contributed by atoms with Crippen LogP contribution in [-0.4, -0.2) is 4.57 Å². The molecule has 0 aliphatic carbocycles. The first-order chi connectivity index (χ1) is 20.2. The molecule has 3 heteroatoms. The first-order valence-electron chi connectivity index (χ1n) is 14.0. The summed E-state index contributed by atoms with van der Waals surface area (Å²) in [4.78, 5) is 0. The van der Waals surface area contributed by atoms with Gasteiger partial charge in [-0.2, -0.15) is 0 Å². The molecule has 8 aromatic rings. The molecule has 1 atom stereocenters. The van der Waals surface area contributed by atoms with Crippen LogP contribution >= 0.6 is 7.14 Å². The third-order valence-electron chi connectivity index (χ3n) is 8.75. The summed E-state index contributed by atoms with van der Waals surface area (Å²) in [5.74, 6) is 0. The van der Waals surface area contributed by atoms with Crippen molar-refractivity contribution < 1.29 is 4.57 Å². The second-order valence-corrected chi connectivity index (χ2v) is 13.6. The summed E-state index contributed by atoms with van der Waals surface area (Å²) in [5.41, 5.74) is 5.48. The van der Waals surface area contributed by atoms with Gasteiger partial charge in [0.25, 0.3) is 0 Å². The zero-order chi connectivity index (χ0) is 27.1. The molecule has 0 saturated carbocycles. The van der Waals surface area contributed by atoms with E-state index in [0.717, 1.165) is 54.5 Å². The molecule has 2 heterocycles. The Balaban J connectivity index is 1.44. The number of aromatic nitrogens is 1. The lowest BCUT2D eigenvalue weighted by Crippen LogP contribution is -2.21. The predicted octanol–water partition coefficient (Wildman–Crippen LogP) is 8.71. The SMILES string of the molecule is O=P1(c2ccccc2)c2cc3c(cc2-c2ccc4ccccc4c21)c1ccccc1n3-c1ccc2ccccc2c1. The summed E-state index contributed by atoms with van der Waals surface area (Å²) >= 11 is 0. The summed E-state index contributed by atoms with van der Waals surface area (Å²) in [7, 11) is -3.16. The van der Waals surface area contributed by atoms with E-state index < -0.39 is 7.14 Å². The number of hydrogen-bond acceptors (Lipinski definition) is 1. The number of hydrogen-bond donors (Lipinski definition) is 0. The predicted molar refractivity (Wildman–Crippen MR) is 174 cm³/mol. The van der Waals surface area contributed by atoms with Crippen molar-refractivity contribution in [1.82, 2.24) is 4.57 Å². The van der Waals surface area contributed by atoms with Crippen molar-refractivity contribution >= 4 is 66.4 Å². The highest BCUT2D eigenvalue weighted by atomic mass is 31.2. The molecule has 1 aromatic heterocycles. The van der Waals surface area contributed by atoms with Gasteiger partial charge in [-0.25, -0.2) is 0 Å². The van der Waals surface area contributed by atoms with Gasteiger partial charge in [0.05, 0.1) is 11.0 Å². The van der Waals surface area contributed by atoms with Crippen molar-refractivity contribution in [2.24, 2.45) is 0 Å². The van der Waals surface area contributed by atoms with Crippen LogP contribution in [0.2, 0.25) is 0 Å². The highest BCUT2D eigenvalue weighted by Gasteiger charge is 2.42. The molecule has 7 aromatic carbocycles. The summed E-state index contributed by atoms with van der Waals surface area (Å²) in [5, 5.41) is 9.74. The van der Waals surface area contributed by atoms with E-state index in [1.807, 2.05) is 30.3 Å². The van der Waals surface area contributed by atoms with Crippen LogP contribution in [0.3, 0.4) is 0 Å². The number of benzene rings is 7. The summed E-state index contributed by atoms with van der Waals surface area (Å²) in [6.07, 6.45) is 0. The average molecular weight is 542 g/mol. The van der Waals surface area contributed by atoms with E-state index >= 15 is 4.57 Å². The van der Waals surface area contributed by atoms with E-state index in [4.69, 9.17) is 0 Å². The maximum Gasteiger partial charge on any atom is 0.172 e. The molecule has 0 fully saturated rings. The van der Waals surface area contributed by atoms with Crippen molar-refractivity contribution in [2.75, 3.05) is 0 Å². The molecule has 41 heavy (non-hydrogen) atoms. The van der Waals surface area contributed by atoms with Crippen LogP contribution in [0.5, 0.6) is 0 Å². The fourth-order valence-corrected chi connectivity index (χ4v) is 10.2. The number of para-hydroxylation sites is 1. The summed E-state index contributed by atoms with van der Waals surface area (Å²) in [6.45, 7) is 0. The largest absolute Gasteiger partial charge is 0.309 e. The van der Waals surface area contributed by atoms with Gasteiger partial charge >= 0.3 is 0 Å².